The Bertz CT molecular complexity index is 1000. The van der Waals surface area contributed by atoms with Gasteiger partial charge in [-0.05, 0) is 25.5 Å². The normalized spacial score (nSPS) is 11.0. The molecule has 0 saturated carbocycles. The van der Waals surface area contributed by atoms with Crippen LogP contribution in [0.1, 0.15) is 32.3 Å². The highest BCUT2D eigenvalue weighted by molar-refractivity contribution is 7.20. The lowest BCUT2D eigenvalue weighted by Crippen LogP contribution is -2.39. The maximum absolute atomic E-state index is 12.4. The number of carbonyl (C=O) groups is 1. The Hall–Kier alpha value is -2.54. The summed E-state index contributed by atoms with van der Waals surface area (Å²) < 4.78 is 6.80. The number of nitrogens with one attached hydrogen (secondary N) is 1. The molecule has 0 unspecified atom stereocenters. The molecule has 0 atom stereocenters. The molecule has 0 spiro atoms. The molecule has 1 N–H and O–H groups in total. The molecule has 0 aliphatic carbocycles. The molecule has 3 aromatic rings. The third kappa shape index (κ3) is 2.71. The molecule has 0 aromatic carbocycles. The molecule has 0 fully saturated rings. The number of esters is 1. The van der Waals surface area contributed by atoms with Gasteiger partial charge < -0.3 is 9.72 Å². The number of carbonyl (C=O) groups excluding carboxylic acids is 1. The minimum atomic E-state index is -0.444. The van der Waals surface area contributed by atoms with E-state index < -0.39 is 5.97 Å². The number of hydrogen-bond donors (Lipinski definition) is 1. The van der Waals surface area contributed by atoms with Crippen LogP contribution in [-0.2, 0) is 11.3 Å². The van der Waals surface area contributed by atoms with Crippen LogP contribution in [0.5, 0.6) is 0 Å². The maximum Gasteiger partial charge on any atom is 0.348 e. The smallest absolute Gasteiger partial charge is 0.348 e. The summed E-state index contributed by atoms with van der Waals surface area (Å²) >= 11 is 1.19. The standard InChI is InChI=1S/C17H17N3O3S/c1-9-6-5-7-20(11(9)3)8-12-18-15(21)13-10(2)14(17(22)23-4)24-16(13)19-12/h5-7H,8H2,1-4H3/p+1. The summed E-state index contributed by atoms with van der Waals surface area (Å²) in [7, 11) is 1.33. The van der Waals surface area contributed by atoms with Crippen molar-refractivity contribution < 1.29 is 14.1 Å². The summed E-state index contributed by atoms with van der Waals surface area (Å²) in [5, 5.41) is 0.454. The van der Waals surface area contributed by atoms with Crippen molar-refractivity contribution in [3.05, 3.63) is 56.2 Å². The van der Waals surface area contributed by atoms with Gasteiger partial charge in [-0.3, -0.25) is 4.79 Å². The highest BCUT2D eigenvalue weighted by Crippen LogP contribution is 2.27. The first-order chi connectivity index (χ1) is 11.4. The largest absolute Gasteiger partial charge is 0.465 e. The van der Waals surface area contributed by atoms with Crippen molar-refractivity contribution in [1.29, 1.82) is 0 Å². The van der Waals surface area contributed by atoms with Crippen LogP contribution in [0.25, 0.3) is 10.2 Å². The first-order valence-corrected chi connectivity index (χ1v) is 8.30. The molecule has 3 heterocycles. The molecule has 0 aliphatic heterocycles. The van der Waals surface area contributed by atoms with Crippen molar-refractivity contribution in [2.24, 2.45) is 0 Å². The lowest BCUT2D eigenvalue weighted by atomic mass is 10.2. The van der Waals surface area contributed by atoms with Crippen LogP contribution in [-0.4, -0.2) is 23.0 Å². The zero-order valence-corrected chi connectivity index (χ0v) is 14.8. The maximum atomic E-state index is 12.4. The van der Waals surface area contributed by atoms with Crippen molar-refractivity contribution in [2.45, 2.75) is 27.3 Å². The number of H-pyrrole nitrogens is 1. The predicted molar refractivity (Wildman–Crippen MR) is 91.5 cm³/mol. The quantitative estimate of drug-likeness (QED) is 0.583. The number of rotatable bonds is 3. The van der Waals surface area contributed by atoms with Crippen molar-refractivity contribution in [3.63, 3.8) is 0 Å². The molecule has 3 aromatic heterocycles. The van der Waals surface area contributed by atoms with Crippen molar-refractivity contribution in [3.8, 4) is 0 Å². The summed E-state index contributed by atoms with van der Waals surface area (Å²) in [6.45, 7) is 6.26. The predicted octanol–water partition coefficient (Wildman–Crippen LogP) is 2.03. The Morgan fingerprint density at radius 3 is 2.83 bits per heavy atom. The number of nitrogens with zero attached hydrogens (tertiary/aromatic N) is 2. The third-order valence-electron chi connectivity index (χ3n) is 4.15. The molecule has 3 rings (SSSR count). The van der Waals surface area contributed by atoms with Gasteiger partial charge in [-0.2, -0.15) is 4.57 Å². The highest BCUT2D eigenvalue weighted by Gasteiger charge is 2.20. The second kappa shape index (κ2) is 6.16. The fraction of sp³-hybridized carbons (Fsp3) is 0.294. The van der Waals surface area contributed by atoms with Crippen LogP contribution in [0.4, 0.5) is 0 Å². The lowest BCUT2D eigenvalue weighted by molar-refractivity contribution is -0.695. The van der Waals surface area contributed by atoms with Crippen molar-refractivity contribution in [1.82, 2.24) is 9.97 Å². The first kappa shape index (κ1) is 16.3. The molecule has 0 bridgehead atoms. The van der Waals surface area contributed by atoms with E-state index in [1.165, 1.54) is 24.0 Å². The zero-order valence-electron chi connectivity index (χ0n) is 14.0. The number of fused-ring (bicyclic) bond motifs is 1. The van der Waals surface area contributed by atoms with E-state index in [9.17, 15) is 9.59 Å². The molecule has 24 heavy (non-hydrogen) atoms. The molecule has 6 nitrogen and oxygen atoms in total. The van der Waals surface area contributed by atoms with E-state index in [-0.39, 0.29) is 5.56 Å². The minimum Gasteiger partial charge on any atom is -0.465 e. The molecule has 0 aliphatic rings. The molecule has 0 amide bonds. The summed E-state index contributed by atoms with van der Waals surface area (Å²) in [5.74, 6) is 0.115. The van der Waals surface area contributed by atoms with Gasteiger partial charge in [0, 0.05) is 18.6 Å². The van der Waals surface area contributed by atoms with Crippen LogP contribution < -0.4 is 10.1 Å². The SMILES string of the molecule is COC(=O)c1sc2nc(C[n+]3cccc(C)c3C)[nH]c(=O)c2c1C. The summed E-state index contributed by atoms with van der Waals surface area (Å²) in [5.41, 5.74) is 2.66. The van der Waals surface area contributed by atoms with E-state index in [1.54, 1.807) is 6.92 Å². The number of aromatic nitrogens is 3. The lowest BCUT2D eigenvalue weighted by Gasteiger charge is -2.02. The number of hydrogen-bond acceptors (Lipinski definition) is 5. The van der Waals surface area contributed by atoms with Gasteiger partial charge in [0.15, 0.2) is 17.7 Å². The summed E-state index contributed by atoms with van der Waals surface area (Å²) in [6.07, 6.45) is 1.95. The minimum absolute atomic E-state index is 0.232. The number of methoxy groups -OCH3 is 1. The van der Waals surface area contributed by atoms with Gasteiger partial charge in [0.05, 0.1) is 12.5 Å². The first-order valence-electron chi connectivity index (χ1n) is 7.48. The van der Waals surface area contributed by atoms with E-state index in [2.05, 4.69) is 9.97 Å². The second-order valence-corrected chi connectivity index (χ2v) is 6.64. The highest BCUT2D eigenvalue weighted by atomic mass is 32.1. The van der Waals surface area contributed by atoms with Gasteiger partial charge in [0.2, 0.25) is 6.54 Å². The van der Waals surface area contributed by atoms with Gasteiger partial charge in [-0.15, -0.1) is 11.3 Å². The number of pyridine rings is 1. The van der Waals surface area contributed by atoms with E-state index in [1.807, 2.05) is 36.7 Å². The van der Waals surface area contributed by atoms with Crippen LogP contribution >= 0.6 is 11.3 Å². The Morgan fingerprint density at radius 2 is 2.12 bits per heavy atom. The van der Waals surface area contributed by atoms with E-state index >= 15 is 0 Å². The Kier molecular flexibility index (Phi) is 4.19. The molecular formula is C17H18N3O3S+. The van der Waals surface area contributed by atoms with Crippen LogP contribution in [0.15, 0.2) is 23.1 Å². The average Bonchev–Trinajstić information content (AvgIpc) is 2.88. The Morgan fingerprint density at radius 1 is 1.38 bits per heavy atom. The van der Waals surface area contributed by atoms with E-state index in [0.29, 0.717) is 33.0 Å². The summed E-state index contributed by atoms with van der Waals surface area (Å²) in [4.78, 5) is 32.6. The third-order valence-corrected chi connectivity index (χ3v) is 5.32. The molecule has 7 heteroatoms. The van der Waals surface area contributed by atoms with Gasteiger partial charge in [-0.1, -0.05) is 0 Å². The average molecular weight is 344 g/mol. The molecule has 0 saturated heterocycles. The van der Waals surface area contributed by atoms with Crippen LogP contribution in [0.2, 0.25) is 0 Å². The fourth-order valence-corrected chi connectivity index (χ4v) is 3.75. The van der Waals surface area contributed by atoms with Crippen LogP contribution in [0.3, 0.4) is 0 Å². The number of aryl methyl sites for hydroxylation is 2. The van der Waals surface area contributed by atoms with Crippen molar-refractivity contribution in [2.75, 3.05) is 7.11 Å². The Labute approximate surface area is 142 Å². The second-order valence-electron chi connectivity index (χ2n) is 5.65. The van der Waals surface area contributed by atoms with E-state index in [0.717, 1.165) is 5.69 Å². The Balaban J connectivity index is 2.10. The number of ether oxygens (including phenoxy) is 1. The zero-order chi connectivity index (χ0) is 17.4. The van der Waals surface area contributed by atoms with Gasteiger partial charge in [-0.25, -0.2) is 9.78 Å². The number of thiophene rings is 1. The van der Waals surface area contributed by atoms with Crippen molar-refractivity contribution >= 4 is 27.5 Å². The van der Waals surface area contributed by atoms with Gasteiger partial charge in [0.25, 0.3) is 5.56 Å². The monoisotopic (exact) mass is 344 g/mol. The molecular weight excluding hydrogens is 326 g/mol. The van der Waals surface area contributed by atoms with E-state index in [4.69, 9.17) is 4.74 Å². The number of aromatic amines is 1. The topological polar surface area (TPSA) is 75.9 Å². The fourth-order valence-electron chi connectivity index (χ4n) is 2.63. The van der Waals surface area contributed by atoms with Gasteiger partial charge >= 0.3 is 5.97 Å². The molecule has 0 radical (unpaired) electrons. The summed E-state index contributed by atoms with van der Waals surface area (Å²) in [6, 6.07) is 4.00. The molecule has 124 valence electrons. The van der Waals surface area contributed by atoms with Crippen LogP contribution in [0, 0.1) is 20.8 Å². The van der Waals surface area contributed by atoms with Gasteiger partial charge in [0.1, 0.15) is 9.71 Å².